The molecule has 16 heavy (non-hydrogen) atoms. The first kappa shape index (κ1) is 16.2. The number of halogens is 3. The van der Waals surface area contributed by atoms with E-state index in [0.29, 0.717) is 11.0 Å². The van der Waals surface area contributed by atoms with Crippen LogP contribution in [0.5, 0.6) is 0 Å². The number of rotatable bonds is 4. The molecule has 0 heterocycles. The third-order valence-electron chi connectivity index (χ3n) is 2.47. The monoisotopic (exact) mass is 371 g/mol. The second-order valence-corrected chi connectivity index (χ2v) is 5.35. The van der Waals surface area contributed by atoms with Crippen molar-refractivity contribution in [1.29, 1.82) is 0 Å². The number of hydrogen-bond donors (Lipinski definition) is 0. The molecule has 1 rings (SSSR count). The molecule has 1 aromatic carbocycles. The van der Waals surface area contributed by atoms with E-state index in [1.54, 1.807) is 0 Å². The van der Waals surface area contributed by atoms with Crippen LogP contribution in [-0.2, 0) is 4.46 Å². The number of benzene rings is 1. The molecular formula is C12H16Cl2IN. The van der Waals surface area contributed by atoms with Crippen molar-refractivity contribution in [2.75, 3.05) is 20.6 Å². The molecule has 4 heteroatoms. The van der Waals surface area contributed by atoms with E-state index < -0.39 is 4.46 Å². The highest BCUT2D eigenvalue weighted by Crippen LogP contribution is 2.40. The molecule has 0 saturated heterocycles. The van der Waals surface area contributed by atoms with E-state index in [9.17, 15) is 0 Å². The van der Waals surface area contributed by atoms with Gasteiger partial charge in [-0.25, -0.2) is 0 Å². The average Bonchev–Trinajstić information content (AvgIpc) is 2.19. The van der Waals surface area contributed by atoms with Gasteiger partial charge in [0.1, 0.15) is 0 Å². The summed E-state index contributed by atoms with van der Waals surface area (Å²) < 4.78 is -0.501. The van der Waals surface area contributed by atoms with E-state index in [-0.39, 0.29) is 24.0 Å². The number of hydrogen-bond acceptors (Lipinski definition) is 0. The van der Waals surface area contributed by atoms with Gasteiger partial charge in [-0.15, -0.1) is 0 Å². The molecule has 0 aromatic heterocycles. The highest BCUT2D eigenvalue weighted by atomic mass is 127. The van der Waals surface area contributed by atoms with Crippen LogP contribution in [0.4, 0.5) is 0 Å². The van der Waals surface area contributed by atoms with E-state index in [0.717, 1.165) is 5.56 Å². The van der Waals surface area contributed by atoms with Crippen molar-refractivity contribution in [3.8, 4) is 0 Å². The lowest BCUT2D eigenvalue weighted by atomic mass is 10.2. The van der Waals surface area contributed by atoms with Gasteiger partial charge in [0.15, 0.2) is 0 Å². The van der Waals surface area contributed by atoms with Gasteiger partial charge >= 0.3 is 0 Å². The van der Waals surface area contributed by atoms with Crippen molar-refractivity contribution < 1.29 is 28.5 Å². The zero-order valence-corrected chi connectivity index (χ0v) is 13.1. The number of quaternary nitrogens is 1. The molecule has 0 amide bonds. The second-order valence-electron chi connectivity index (χ2n) is 4.06. The molecule has 0 radical (unpaired) electrons. The third kappa shape index (κ3) is 3.36. The first-order chi connectivity index (χ1) is 6.92. The van der Waals surface area contributed by atoms with Gasteiger partial charge in [-0.1, -0.05) is 24.8 Å². The van der Waals surface area contributed by atoms with Crippen LogP contribution in [0.15, 0.2) is 43.0 Å². The molecule has 1 nitrogen and oxygen atoms in total. The molecule has 0 aliphatic rings. The molecule has 0 fully saturated rings. The summed E-state index contributed by atoms with van der Waals surface area (Å²) in [5.74, 6) is 0. The van der Waals surface area contributed by atoms with Crippen LogP contribution in [0.1, 0.15) is 5.56 Å². The first-order valence-electron chi connectivity index (χ1n) is 4.79. The molecule has 0 bridgehead atoms. The minimum atomic E-state index is -0.949. The summed E-state index contributed by atoms with van der Waals surface area (Å²) in [6, 6.07) is 9.68. The summed E-state index contributed by atoms with van der Waals surface area (Å²) in [6.45, 7) is 4.43. The highest BCUT2D eigenvalue weighted by Gasteiger charge is 2.43. The molecule has 0 N–H and O–H groups in total. The van der Waals surface area contributed by atoms with Crippen LogP contribution < -0.4 is 24.0 Å². The molecule has 0 saturated carbocycles. The molecule has 0 aliphatic carbocycles. The smallest absolute Gasteiger partial charge is 0.277 e. The van der Waals surface area contributed by atoms with Gasteiger partial charge in [-0.05, 0) is 41.4 Å². The molecule has 1 aromatic rings. The molecule has 0 unspecified atom stereocenters. The maximum Gasteiger partial charge on any atom is 0.277 e. The predicted molar refractivity (Wildman–Crippen MR) is 67.0 cm³/mol. The summed E-state index contributed by atoms with van der Waals surface area (Å²) in [5.41, 5.74) is 0.903. The molecule has 0 atom stereocenters. The topological polar surface area (TPSA) is 0 Å². The Hall–Kier alpha value is 0.230. The van der Waals surface area contributed by atoms with Gasteiger partial charge in [0.05, 0.1) is 20.6 Å². The van der Waals surface area contributed by atoms with Gasteiger partial charge in [0, 0.05) is 5.56 Å². The Morgan fingerprint density at radius 3 is 2.19 bits per heavy atom. The van der Waals surface area contributed by atoms with Crippen LogP contribution in [0, 0.1) is 0 Å². The van der Waals surface area contributed by atoms with Gasteiger partial charge < -0.3 is 24.0 Å². The minimum absolute atomic E-state index is 0. The fourth-order valence-electron chi connectivity index (χ4n) is 1.43. The summed E-state index contributed by atoms with van der Waals surface area (Å²) >= 11 is 12.8. The van der Waals surface area contributed by atoms with Crippen molar-refractivity contribution in [2.24, 2.45) is 0 Å². The Labute approximate surface area is 125 Å². The first-order valence-corrected chi connectivity index (χ1v) is 5.55. The van der Waals surface area contributed by atoms with Crippen LogP contribution in [0.25, 0.3) is 0 Å². The van der Waals surface area contributed by atoms with Crippen LogP contribution in [0.2, 0.25) is 0 Å². The third-order valence-corrected chi connectivity index (χ3v) is 3.82. The van der Waals surface area contributed by atoms with E-state index in [4.69, 9.17) is 23.2 Å². The van der Waals surface area contributed by atoms with E-state index in [2.05, 4.69) is 6.58 Å². The van der Waals surface area contributed by atoms with Gasteiger partial charge in [-0.2, -0.15) is 0 Å². The van der Waals surface area contributed by atoms with Crippen molar-refractivity contribution in [3.05, 3.63) is 48.6 Å². The zero-order valence-electron chi connectivity index (χ0n) is 9.46. The largest absolute Gasteiger partial charge is 1.00 e. The minimum Gasteiger partial charge on any atom is -1.00 e. The zero-order chi connectivity index (χ0) is 11.5. The molecule has 0 aliphatic heterocycles. The van der Waals surface area contributed by atoms with Gasteiger partial charge in [-0.3, -0.25) is 4.48 Å². The highest BCUT2D eigenvalue weighted by molar-refractivity contribution is 6.46. The maximum atomic E-state index is 6.42. The van der Waals surface area contributed by atoms with Crippen molar-refractivity contribution in [1.82, 2.24) is 0 Å². The van der Waals surface area contributed by atoms with Crippen molar-refractivity contribution >= 4 is 23.2 Å². The Bertz CT molecular complexity index is 336. The van der Waals surface area contributed by atoms with Gasteiger partial charge in [0.25, 0.3) is 4.46 Å². The summed E-state index contributed by atoms with van der Waals surface area (Å²) in [6.07, 6.45) is 1.82. The standard InChI is InChI=1S/C12H16Cl2N.HI/c1-4-10-15(2,3)12(13,14)11-8-6-5-7-9-11;/h4-9H,1,10H2,2-3H3;1H/q+1;/p-1. The SMILES string of the molecule is C=CC[N+](C)(C)C(Cl)(Cl)c1ccccc1.[I-]. The fourth-order valence-corrected chi connectivity index (χ4v) is 1.82. The predicted octanol–water partition coefficient (Wildman–Crippen LogP) is 0.541. The summed E-state index contributed by atoms with van der Waals surface area (Å²) in [4.78, 5) is 0. The van der Waals surface area contributed by atoms with E-state index >= 15 is 0 Å². The average molecular weight is 372 g/mol. The molecule has 0 spiro atoms. The van der Waals surface area contributed by atoms with Crippen LogP contribution in [-0.4, -0.2) is 25.1 Å². The van der Waals surface area contributed by atoms with Gasteiger partial charge in [0.2, 0.25) is 0 Å². The molecule has 90 valence electrons. The Morgan fingerprint density at radius 2 is 1.75 bits per heavy atom. The van der Waals surface area contributed by atoms with Crippen molar-refractivity contribution in [3.63, 3.8) is 0 Å². The normalized spacial score (nSPS) is 11.8. The van der Waals surface area contributed by atoms with Crippen LogP contribution >= 0.6 is 23.2 Å². The fraction of sp³-hybridized carbons (Fsp3) is 0.333. The maximum absolute atomic E-state index is 6.42. The Morgan fingerprint density at radius 1 is 1.25 bits per heavy atom. The van der Waals surface area contributed by atoms with E-state index in [1.165, 1.54) is 0 Å². The lowest BCUT2D eigenvalue weighted by Gasteiger charge is -2.39. The summed E-state index contributed by atoms with van der Waals surface area (Å²) in [7, 11) is 3.96. The van der Waals surface area contributed by atoms with Crippen LogP contribution in [0.3, 0.4) is 0 Å². The number of likely N-dealkylation sites (N-methyl/N-ethyl adjacent to an activating group) is 1. The lowest BCUT2D eigenvalue weighted by molar-refractivity contribution is -0.914. The second kappa shape index (κ2) is 6.24. The Balaban J connectivity index is 0.00000225. The summed E-state index contributed by atoms with van der Waals surface area (Å²) in [5, 5.41) is 0. The van der Waals surface area contributed by atoms with Crippen molar-refractivity contribution in [2.45, 2.75) is 4.46 Å². The quantitative estimate of drug-likeness (QED) is 0.238. The number of nitrogens with zero attached hydrogens (tertiary/aromatic N) is 1. The Kier molecular flexibility index (Phi) is 6.33. The number of alkyl halides is 2. The van der Waals surface area contributed by atoms with E-state index in [1.807, 2.05) is 50.5 Å². The lowest BCUT2D eigenvalue weighted by Crippen LogP contribution is -3.00. The molecular weight excluding hydrogens is 356 g/mol.